The third-order valence-corrected chi connectivity index (χ3v) is 7.49. The molecule has 2 rings (SSSR count). The molecule has 0 aliphatic rings. The second-order valence-electron chi connectivity index (χ2n) is 8.21. The van der Waals surface area contributed by atoms with E-state index in [4.69, 9.17) is 9.97 Å². The molecule has 0 fully saturated rings. The molecule has 4 nitrogen and oxygen atoms in total. The fourth-order valence-electron chi connectivity index (χ4n) is 3.38. The molecule has 2 heterocycles. The van der Waals surface area contributed by atoms with Gasteiger partial charge < -0.3 is 9.13 Å². The predicted molar refractivity (Wildman–Crippen MR) is 124 cm³/mol. The lowest BCUT2D eigenvalue weighted by atomic mass is 10.2. The van der Waals surface area contributed by atoms with Crippen molar-refractivity contribution in [1.82, 2.24) is 19.1 Å². The summed E-state index contributed by atoms with van der Waals surface area (Å²) in [5, 5.41) is 2.27. The first kappa shape index (κ1) is 23.4. The first-order valence-electron chi connectivity index (χ1n) is 10.8. The fraction of sp³-hybridized carbons (Fsp3) is 0.727. The van der Waals surface area contributed by atoms with Crippen molar-refractivity contribution >= 4 is 21.6 Å². The quantitative estimate of drug-likeness (QED) is 0.355. The zero-order chi connectivity index (χ0) is 20.8. The molecule has 0 aliphatic carbocycles. The fourth-order valence-corrected chi connectivity index (χ4v) is 5.68. The van der Waals surface area contributed by atoms with Crippen LogP contribution in [0, 0.1) is 13.8 Å². The molecule has 6 heteroatoms. The molecule has 0 saturated carbocycles. The minimum atomic E-state index is 0.442. The van der Waals surface area contributed by atoms with Gasteiger partial charge in [0.1, 0.15) is 21.7 Å². The largest absolute Gasteiger partial charge is 0.331 e. The molecule has 0 aromatic carbocycles. The molecule has 0 aliphatic heterocycles. The van der Waals surface area contributed by atoms with Crippen LogP contribution in [-0.2, 0) is 13.1 Å². The van der Waals surface area contributed by atoms with E-state index in [0.29, 0.717) is 11.8 Å². The van der Waals surface area contributed by atoms with Crippen molar-refractivity contribution in [1.29, 1.82) is 0 Å². The van der Waals surface area contributed by atoms with Crippen LogP contribution >= 0.6 is 21.6 Å². The standard InChI is InChI=1S/C22H38N4S2/c1-9-11-13-25-17(7)21(23-19(25)15(3)4)27-28-22-18(8)26(14-12-10-2)20(24-22)16(5)6/h15-16H,9-14H2,1-8H3. The van der Waals surface area contributed by atoms with Gasteiger partial charge in [-0.15, -0.1) is 0 Å². The van der Waals surface area contributed by atoms with Crippen molar-refractivity contribution in [3.63, 3.8) is 0 Å². The molecule has 0 N–H and O–H groups in total. The number of rotatable bonds is 11. The van der Waals surface area contributed by atoms with Crippen LogP contribution in [0.15, 0.2) is 10.1 Å². The topological polar surface area (TPSA) is 35.6 Å². The van der Waals surface area contributed by atoms with E-state index in [1.54, 1.807) is 21.6 Å². The molecule has 28 heavy (non-hydrogen) atoms. The summed E-state index contributed by atoms with van der Waals surface area (Å²) >= 11 is 0. The molecule has 0 radical (unpaired) electrons. The van der Waals surface area contributed by atoms with Gasteiger partial charge in [0.2, 0.25) is 0 Å². The van der Waals surface area contributed by atoms with Gasteiger partial charge in [0.15, 0.2) is 0 Å². The van der Waals surface area contributed by atoms with Crippen molar-refractivity contribution < 1.29 is 0 Å². The van der Waals surface area contributed by atoms with E-state index in [-0.39, 0.29) is 0 Å². The molecular formula is C22H38N4S2. The summed E-state index contributed by atoms with van der Waals surface area (Å²) in [6.07, 6.45) is 4.82. The van der Waals surface area contributed by atoms with Crippen LogP contribution in [0.3, 0.4) is 0 Å². The SMILES string of the molecule is CCCCn1c(C(C)C)nc(SSc2nc(C(C)C)n(CCCC)c2C)c1C. The van der Waals surface area contributed by atoms with Crippen LogP contribution in [0.25, 0.3) is 0 Å². The van der Waals surface area contributed by atoms with Gasteiger partial charge in [-0.25, -0.2) is 9.97 Å². The van der Waals surface area contributed by atoms with Gasteiger partial charge in [0.25, 0.3) is 0 Å². The second-order valence-corrected chi connectivity index (χ2v) is 10.3. The zero-order valence-electron chi connectivity index (χ0n) is 19.0. The Kier molecular flexibility index (Phi) is 9.00. The van der Waals surface area contributed by atoms with E-state index in [0.717, 1.165) is 23.1 Å². The maximum atomic E-state index is 4.99. The predicted octanol–water partition coefficient (Wildman–Crippen LogP) is 7.34. The van der Waals surface area contributed by atoms with Gasteiger partial charge in [-0.2, -0.15) is 0 Å². The summed E-state index contributed by atoms with van der Waals surface area (Å²) < 4.78 is 4.84. The average molecular weight is 423 g/mol. The normalized spacial score (nSPS) is 11.9. The molecule has 0 spiro atoms. The number of imidazole rings is 2. The molecule has 0 bridgehead atoms. The highest BCUT2D eigenvalue weighted by atomic mass is 33.1. The van der Waals surface area contributed by atoms with E-state index in [2.05, 4.69) is 64.5 Å². The minimum Gasteiger partial charge on any atom is -0.331 e. The van der Waals surface area contributed by atoms with Gasteiger partial charge in [-0.1, -0.05) is 54.4 Å². The van der Waals surface area contributed by atoms with Crippen LogP contribution in [-0.4, -0.2) is 19.1 Å². The van der Waals surface area contributed by atoms with Crippen LogP contribution in [0.4, 0.5) is 0 Å². The number of unbranched alkanes of at least 4 members (excludes halogenated alkanes) is 2. The number of nitrogens with zero attached hydrogens (tertiary/aromatic N) is 4. The monoisotopic (exact) mass is 422 g/mol. The average Bonchev–Trinajstić information content (AvgIpc) is 3.14. The van der Waals surface area contributed by atoms with Crippen molar-refractivity contribution in [3.8, 4) is 0 Å². The summed E-state index contributed by atoms with van der Waals surface area (Å²) in [6.45, 7) is 20.0. The van der Waals surface area contributed by atoms with Crippen molar-refractivity contribution in [2.75, 3.05) is 0 Å². The van der Waals surface area contributed by atoms with Gasteiger partial charge >= 0.3 is 0 Å². The first-order chi connectivity index (χ1) is 13.3. The van der Waals surface area contributed by atoms with Crippen LogP contribution in [0.1, 0.15) is 102 Å². The maximum Gasteiger partial charge on any atom is 0.128 e. The highest BCUT2D eigenvalue weighted by Crippen LogP contribution is 2.41. The molecule has 2 aromatic rings. The Morgan fingerprint density at radius 2 is 1.07 bits per heavy atom. The zero-order valence-corrected chi connectivity index (χ0v) is 20.6. The first-order valence-corrected chi connectivity index (χ1v) is 12.9. The van der Waals surface area contributed by atoms with E-state index in [1.807, 2.05) is 0 Å². The number of hydrogen-bond donors (Lipinski definition) is 0. The second kappa shape index (κ2) is 10.8. The summed E-state index contributed by atoms with van der Waals surface area (Å²) in [5.74, 6) is 3.30. The van der Waals surface area contributed by atoms with E-state index >= 15 is 0 Å². The Morgan fingerprint density at radius 1 is 0.714 bits per heavy atom. The lowest BCUT2D eigenvalue weighted by molar-refractivity contribution is 0.572. The summed E-state index contributed by atoms with van der Waals surface area (Å²) in [5.41, 5.74) is 2.59. The summed E-state index contributed by atoms with van der Waals surface area (Å²) in [4.78, 5) is 9.98. The van der Waals surface area contributed by atoms with Crippen LogP contribution < -0.4 is 0 Å². The minimum absolute atomic E-state index is 0.442. The molecule has 0 unspecified atom stereocenters. The lowest BCUT2D eigenvalue weighted by Gasteiger charge is -2.11. The summed E-state index contributed by atoms with van der Waals surface area (Å²) in [6, 6.07) is 0. The van der Waals surface area contributed by atoms with Gasteiger partial charge in [0, 0.05) is 36.3 Å². The molecule has 0 amide bonds. The Hall–Kier alpha value is -0.880. The third kappa shape index (κ3) is 5.38. The molecule has 0 saturated heterocycles. The maximum absolute atomic E-state index is 4.99. The Labute approximate surface area is 179 Å². The molecule has 0 atom stereocenters. The Balaban J connectivity index is 2.24. The summed E-state index contributed by atoms with van der Waals surface area (Å²) in [7, 11) is 3.53. The van der Waals surface area contributed by atoms with E-state index < -0.39 is 0 Å². The number of aromatic nitrogens is 4. The van der Waals surface area contributed by atoms with Gasteiger partial charge in [-0.05, 0) is 48.3 Å². The van der Waals surface area contributed by atoms with Gasteiger partial charge in [-0.3, -0.25) is 0 Å². The Morgan fingerprint density at radius 3 is 1.36 bits per heavy atom. The molecular weight excluding hydrogens is 384 g/mol. The van der Waals surface area contributed by atoms with E-state index in [9.17, 15) is 0 Å². The van der Waals surface area contributed by atoms with Crippen molar-refractivity contribution in [2.24, 2.45) is 0 Å². The molecule has 158 valence electrons. The van der Waals surface area contributed by atoms with Crippen molar-refractivity contribution in [3.05, 3.63) is 23.0 Å². The van der Waals surface area contributed by atoms with Crippen LogP contribution in [0.5, 0.6) is 0 Å². The lowest BCUT2D eigenvalue weighted by Crippen LogP contribution is -2.07. The third-order valence-electron chi connectivity index (χ3n) is 5.12. The van der Waals surface area contributed by atoms with Crippen LogP contribution in [0.2, 0.25) is 0 Å². The number of hydrogen-bond acceptors (Lipinski definition) is 4. The molecule has 2 aromatic heterocycles. The highest BCUT2D eigenvalue weighted by molar-refractivity contribution is 8.76. The highest BCUT2D eigenvalue weighted by Gasteiger charge is 2.20. The van der Waals surface area contributed by atoms with E-state index in [1.165, 1.54) is 48.7 Å². The van der Waals surface area contributed by atoms with Gasteiger partial charge in [0.05, 0.1) is 0 Å². The van der Waals surface area contributed by atoms with Crippen molar-refractivity contribution in [2.45, 2.75) is 116 Å². The smallest absolute Gasteiger partial charge is 0.128 e. The Bertz CT molecular complexity index is 695.